The lowest BCUT2D eigenvalue weighted by atomic mass is 10.2. The Bertz CT molecular complexity index is 385. The maximum Gasteiger partial charge on any atom is 0.236 e. The molecular formula is C13H22ClN3OS. The minimum Gasteiger partial charge on any atom is -0.340 e. The van der Waals surface area contributed by atoms with Crippen molar-refractivity contribution in [2.24, 2.45) is 0 Å². The van der Waals surface area contributed by atoms with E-state index in [9.17, 15) is 4.79 Å². The molecule has 0 aliphatic carbocycles. The van der Waals surface area contributed by atoms with Crippen molar-refractivity contribution in [3.63, 3.8) is 0 Å². The molecule has 1 amide bonds. The zero-order chi connectivity index (χ0) is 13.0. The van der Waals surface area contributed by atoms with Crippen LogP contribution >= 0.6 is 23.7 Å². The SMILES string of the molecule is CC1CNCCN1CC(=O)N(C)Cc1cccs1.Cl. The number of amides is 1. The zero-order valence-corrected chi connectivity index (χ0v) is 13.1. The molecule has 4 nitrogen and oxygen atoms in total. The van der Waals surface area contributed by atoms with E-state index in [0.29, 0.717) is 12.6 Å². The number of carbonyl (C=O) groups is 1. The van der Waals surface area contributed by atoms with Crippen molar-refractivity contribution < 1.29 is 4.79 Å². The van der Waals surface area contributed by atoms with Crippen LogP contribution in [0, 0.1) is 0 Å². The molecule has 1 aromatic rings. The number of hydrogen-bond donors (Lipinski definition) is 1. The van der Waals surface area contributed by atoms with E-state index in [1.54, 1.807) is 11.3 Å². The molecular weight excluding hydrogens is 282 g/mol. The van der Waals surface area contributed by atoms with Gasteiger partial charge in [0.15, 0.2) is 0 Å². The summed E-state index contributed by atoms with van der Waals surface area (Å²) in [7, 11) is 1.88. The molecule has 0 radical (unpaired) electrons. The first kappa shape index (κ1) is 16.4. The summed E-state index contributed by atoms with van der Waals surface area (Å²) in [6.45, 7) is 6.33. The van der Waals surface area contributed by atoms with Gasteiger partial charge in [0.2, 0.25) is 5.91 Å². The van der Waals surface area contributed by atoms with Crippen LogP contribution in [0.4, 0.5) is 0 Å². The van der Waals surface area contributed by atoms with Crippen LogP contribution in [0.25, 0.3) is 0 Å². The molecule has 0 spiro atoms. The molecule has 1 atom stereocenters. The van der Waals surface area contributed by atoms with E-state index in [-0.39, 0.29) is 18.3 Å². The number of rotatable bonds is 4. The topological polar surface area (TPSA) is 35.6 Å². The molecule has 1 fully saturated rings. The van der Waals surface area contributed by atoms with Gasteiger partial charge in [-0.25, -0.2) is 0 Å². The number of nitrogens with zero attached hydrogens (tertiary/aromatic N) is 2. The lowest BCUT2D eigenvalue weighted by Gasteiger charge is -2.34. The second-order valence-electron chi connectivity index (χ2n) is 4.85. The van der Waals surface area contributed by atoms with Crippen LogP contribution in [-0.2, 0) is 11.3 Å². The minimum atomic E-state index is 0. The van der Waals surface area contributed by atoms with E-state index in [4.69, 9.17) is 0 Å². The third-order valence-corrected chi connectivity index (χ3v) is 4.24. The van der Waals surface area contributed by atoms with Crippen LogP contribution in [0.3, 0.4) is 0 Å². The van der Waals surface area contributed by atoms with Crippen LogP contribution in [-0.4, -0.2) is 55.0 Å². The van der Waals surface area contributed by atoms with Gasteiger partial charge in [-0.05, 0) is 18.4 Å². The van der Waals surface area contributed by atoms with Gasteiger partial charge in [0.1, 0.15) is 0 Å². The van der Waals surface area contributed by atoms with Crippen LogP contribution in [0.15, 0.2) is 17.5 Å². The van der Waals surface area contributed by atoms with Crippen LogP contribution in [0.5, 0.6) is 0 Å². The van der Waals surface area contributed by atoms with Crippen molar-refractivity contribution >= 4 is 29.7 Å². The molecule has 1 aromatic heterocycles. The van der Waals surface area contributed by atoms with Crippen LogP contribution in [0.2, 0.25) is 0 Å². The normalized spacial score (nSPS) is 19.8. The highest BCUT2D eigenvalue weighted by atomic mass is 35.5. The largest absolute Gasteiger partial charge is 0.340 e. The molecule has 19 heavy (non-hydrogen) atoms. The molecule has 0 aromatic carbocycles. The summed E-state index contributed by atoms with van der Waals surface area (Å²) in [5.41, 5.74) is 0. The van der Waals surface area contributed by atoms with E-state index in [1.807, 2.05) is 23.4 Å². The molecule has 0 saturated carbocycles. The predicted molar refractivity (Wildman–Crippen MR) is 81.9 cm³/mol. The Morgan fingerprint density at radius 1 is 1.63 bits per heavy atom. The van der Waals surface area contributed by atoms with Crippen molar-refractivity contribution in [3.8, 4) is 0 Å². The fourth-order valence-corrected chi connectivity index (χ4v) is 2.89. The summed E-state index contributed by atoms with van der Waals surface area (Å²) < 4.78 is 0. The molecule has 108 valence electrons. The van der Waals surface area contributed by atoms with E-state index >= 15 is 0 Å². The minimum absolute atomic E-state index is 0. The molecule has 1 N–H and O–H groups in total. The Labute approximate surface area is 125 Å². The molecule has 6 heteroatoms. The zero-order valence-electron chi connectivity index (χ0n) is 11.5. The van der Waals surface area contributed by atoms with Crippen molar-refractivity contribution in [2.45, 2.75) is 19.5 Å². The standard InChI is InChI=1S/C13H21N3OS.ClH/c1-11-8-14-5-6-16(11)10-13(17)15(2)9-12-4-3-7-18-12;/h3-4,7,11,14H,5-6,8-10H2,1-2H3;1H. The monoisotopic (exact) mass is 303 g/mol. The Morgan fingerprint density at radius 2 is 2.42 bits per heavy atom. The molecule has 1 aliphatic heterocycles. The van der Waals surface area contributed by atoms with Crippen molar-refractivity contribution in [1.29, 1.82) is 0 Å². The van der Waals surface area contributed by atoms with Gasteiger partial charge in [-0.2, -0.15) is 0 Å². The summed E-state index contributed by atoms with van der Waals surface area (Å²) in [6, 6.07) is 4.54. The van der Waals surface area contributed by atoms with Crippen molar-refractivity contribution in [2.75, 3.05) is 33.2 Å². The predicted octanol–water partition coefficient (Wildman–Crippen LogP) is 1.42. The van der Waals surface area contributed by atoms with Gasteiger partial charge in [-0.15, -0.1) is 23.7 Å². The lowest BCUT2D eigenvalue weighted by molar-refractivity contribution is -0.132. The van der Waals surface area contributed by atoms with Gasteiger partial charge in [-0.1, -0.05) is 6.07 Å². The van der Waals surface area contributed by atoms with E-state index in [1.165, 1.54) is 4.88 Å². The number of likely N-dealkylation sites (N-methyl/N-ethyl adjacent to an activating group) is 1. The highest BCUT2D eigenvalue weighted by Gasteiger charge is 2.21. The van der Waals surface area contributed by atoms with Gasteiger partial charge < -0.3 is 10.2 Å². The second kappa shape index (κ2) is 7.85. The number of nitrogens with one attached hydrogen (secondary N) is 1. The maximum atomic E-state index is 12.2. The molecule has 1 saturated heterocycles. The highest BCUT2D eigenvalue weighted by molar-refractivity contribution is 7.09. The van der Waals surface area contributed by atoms with Crippen LogP contribution in [0.1, 0.15) is 11.8 Å². The Morgan fingerprint density at radius 3 is 3.05 bits per heavy atom. The fourth-order valence-electron chi connectivity index (χ4n) is 2.14. The number of piperazine rings is 1. The first-order valence-corrected chi connectivity index (χ1v) is 7.26. The average Bonchev–Trinajstić information content (AvgIpc) is 2.84. The van der Waals surface area contributed by atoms with Gasteiger partial charge in [0, 0.05) is 37.6 Å². The number of hydrogen-bond acceptors (Lipinski definition) is 4. The second-order valence-corrected chi connectivity index (χ2v) is 5.89. The van der Waals surface area contributed by atoms with E-state index < -0.39 is 0 Å². The maximum absolute atomic E-state index is 12.2. The van der Waals surface area contributed by atoms with Gasteiger partial charge in [-0.3, -0.25) is 9.69 Å². The van der Waals surface area contributed by atoms with Gasteiger partial charge in [0.25, 0.3) is 0 Å². The number of carbonyl (C=O) groups excluding carboxylic acids is 1. The summed E-state index contributed by atoms with van der Waals surface area (Å²) in [5, 5.41) is 5.39. The molecule has 0 bridgehead atoms. The molecule has 1 aliphatic rings. The summed E-state index contributed by atoms with van der Waals surface area (Å²) in [5.74, 6) is 0.206. The smallest absolute Gasteiger partial charge is 0.236 e. The third kappa shape index (κ3) is 4.76. The average molecular weight is 304 g/mol. The van der Waals surface area contributed by atoms with E-state index in [2.05, 4.69) is 23.2 Å². The third-order valence-electron chi connectivity index (χ3n) is 3.38. The quantitative estimate of drug-likeness (QED) is 0.914. The molecule has 2 rings (SSSR count). The van der Waals surface area contributed by atoms with Gasteiger partial charge in [0.05, 0.1) is 13.1 Å². The summed E-state index contributed by atoms with van der Waals surface area (Å²) >= 11 is 1.70. The van der Waals surface area contributed by atoms with E-state index in [0.717, 1.165) is 26.2 Å². The first-order chi connectivity index (χ1) is 8.66. The van der Waals surface area contributed by atoms with Crippen LogP contribution < -0.4 is 5.32 Å². The van der Waals surface area contributed by atoms with Gasteiger partial charge >= 0.3 is 0 Å². The number of halogens is 1. The summed E-state index contributed by atoms with van der Waals surface area (Å²) in [4.78, 5) is 17.5. The lowest BCUT2D eigenvalue weighted by Crippen LogP contribution is -2.52. The van der Waals surface area contributed by atoms with Crippen molar-refractivity contribution in [1.82, 2.24) is 15.1 Å². The Kier molecular flexibility index (Phi) is 6.79. The molecule has 1 unspecified atom stereocenters. The van der Waals surface area contributed by atoms with Crippen molar-refractivity contribution in [3.05, 3.63) is 22.4 Å². The Balaban J connectivity index is 0.00000180. The number of thiophene rings is 1. The summed E-state index contributed by atoms with van der Waals surface area (Å²) in [6.07, 6.45) is 0. The Hall–Kier alpha value is -0.620. The highest BCUT2D eigenvalue weighted by Crippen LogP contribution is 2.11. The molecule has 2 heterocycles. The fraction of sp³-hybridized carbons (Fsp3) is 0.615. The first-order valence-electron chi connectivity index (χ1n) is 6.38.